The molecular weight excluding hydrogens is 378 g/mol. The molecule has 5 nitrogen and oxygen atoms in total. The highest BCUT2D eigenvalue weighted by Gasteiger charge is 2.40. The summed E-state index contributed by atoms with van der Waals surface area (Å²) in [6.45, 7) is 4.67. The number of hydrogen-bond donors (Lipinski definition) is 1. The van der Waals surface area contributed by atoms with Crippen molar-refractivity contribution in [3.05, 3.63) is 0 Å². The van der Waals surface area contributed by atoms with Crippen molar-refractivity contribution in [3.63, 3.8) is 0 Å². The molecule has 0 bridgehead atoms. The summed E-state index contributed by atoms with van der Waals surface area (Å²) in [4.78, 5) is 23.4. The third-order valence-electron chi connectivity index (χ3n) is 5.63. The lowest BCUT2D eigenvalue weighted by Gasteiger charge is -2.34. The number of hydrogen-bond acceptors (Lipinski definition) is 4. The van der Waals surface area contributed by atoms with Crippen LogP contribution in [0.5, 0.6) is 0 Å². The van der Waals surface area contributed by atoms with Crippen molar-refractivity contribution >= 4 is 11.8 Å². The molecule has 0 aromatic carbocycles. The number of nitrogens with zero attached hydrogens (tertiary/aromatic N) is 1. The molecule has 0 aromatic heterocycles. The third-order valence-corrected chi connectivity index (χ3v) is 5.63. The molecule has 0 radical (unpaired) electrons. The molecule has 0 rings (SSSR count). The van der Waals surface area contributed by atoms with Crippen LogP contribution < -0.4 is 5.11 Å². The van der Waals surface area contributed by atoms with Gasteiger partial charge in [0.05, 0.1) is 21.1 Å². The van der Waals surface area contributed by atoms with E-state index in [1.807, 2.05) is 21.1 Å². The van der Waals surface area contributed by atoms with Crippen molar-refractivity contribution in [2.75, 3.05) is 27.7 Å². The summed E-state index contributed by atoms with van der Waals surface area (Å²) < 4.78 is 0.327. The molecular formula is C25H49NO4. The van der Waals surface area contributed by atoms with Crippen LogP contribution in [0.3, 0.4) is 0 Å². The molecule has 1 unspecified atom stereocenters. The van der Waals surface area contributed by atoms with E-state index in [1.165, 1.54) is 64.2 Å². The Bertz CT molecular complexity index is 470. The molecule has 0 spiro atoms. The Morgan fingerprint density at radius 1 is 0.800 bits per heavy atom. The highest BCUT2D eigenvalue weighted by atomic mass is 16.4. The van der Waals surface area contributed by atoms with E-state index in [1.54, 1.807) is 0 Å². The van der Waals surface area contributed by atoms with Gasteiger partial charge in [0.2, 0.25) is 0 Å². The molecule has 1 N–H and O–H groups in total. The summed E-state index contributed by atoms with van der Waals surface area (Å²) in [6.07, 6.45) is 15.6. The zero-order valence-corrected chi connectivity index (χ0v) is 20.5. The van der Waals surface area contributed by atoms with E-state index in [2.05, 4.69) is 13.8 Å². The van der Waals surface area contributed by atoms with E-state index in [0.717, 1.165) is 18.8 Å². The number of carboxylic acids is 1. The summed E-state index contributed by atoms with van der Waals surface area (Å²) >= 11 is 0. The second-order valence-electron chi connectivity index (χ2n) is 10.6. The van der Waals surface area contributed by atoms with Crippen LogP contribution in [0.4, 0.5) is 0 Å². The predicted octanol–water partition coefficient (Wildman–Crippen LogP) is 4.25. The lowest BCUT2D eigenvalue weighted by Crippen LogP contribution is -2.56. The quantitative estimate of drug-likeness (QED) is 0.233. The minimum absolute atomic E-state index is 0.0809. The summed E-state index contributed by atoms with van der Waals surface area (Å²) in [7, 11) is 5.50. The first-order valence-electron chi connectivity index (χ1n) is 12.2. The van der Waals surface area contributed by atoms with Crippen molar-refractivity contribution < 1.29 is 24.3 Å². The van der Waals surface area contributed by atoms with Gasteiger partial charge in [0.25, 0.3) is 0 Å². The molecule has 30 heavy (non-hydrogen) atoms. The molecule has 0 amide bonds. The number of carboxylic acid groups (broad SMARTS) is 1. The fourth-order valence-electron chi connectivity index (χ4n) is 4.10. The van der Waals surface area contributed by atoms with Crippen LogP contribution in [0, 0.1) is 5.92 Å². The number of quaternary nitrogens is 1. The van der Waals surface area contributed by atoms with Crippen LogP contribution in [0.25, 0.3) is 0 Å². The predicted molar refractivity (Wildman–Crippen MR) is 122 cm³/mol. The number of ketones is 1. The Labute approximate surface area is 185 Å². The van der Waals surface area contributed by atoms with Crippen LogP contribution in [0.15, 0.2) is 0 Å². The Kier molecular flexibility index (Phi) is 15.3. The SMILES string of the molecule is CC(C)CCCCCCCCCCCCCCC(=O)C(O)(CC(=O)[O-])C[N+](C)(C)C. The van der Waals surface area contributed by atoms with Gasteiger partial charge < -0.3 is 19.5 Å². The monoisotopic (exact) mass is 427 g/mol. The van der Waals surface area contributed by atoms with Crippen LogP contribution in [0.2, 0.25) is 0 Å². The van der Waals surface area contributed by atoms with Gasteiger partial charge in [-0.2, -0.15) is 0 Å². The summed E-state index contributed by atoms with van der Waals surface area (Å²) in [5, 5.41) is 21.6. The number of likely N-dealkylation sites (N-methyl/N-ethyl adjacent to an activating group) is 1. The smallest absolute Gasteiger partial charge is 0.177 e. The average molecular weight is 428 g/mol. The summed E-state index contributed by atoms with van der Waals surface area (Å²) in [6, 6.07) is 0. The zero-order valence-electron chi connectivity index (χ0n) is 20.5. The Morgan fingerprint density at radius 2 is 1.20 bits per heavy atom. The molecule has 0 saturated heterocycles. The van der Waals surface area contributed by atoms with Gasteiger partial charge in [0.15, 0.2) is 11.4 Å². The molecule has 0 aliphatic carbocycles. The third kappa shape index (κ3) is 16.8. The molecule has 0 aliphatic heterocycles. The van der Waals surface area contributed by atoms with Gasteiger partial charge in [-0.05, 0) is 12.3 Å². The van der Waals surface area contributed by atoms with Gasteiger partial charge in [-0.25, -0.2) is 0 Å². The number of aliphatic carboxylic acids is 1. The minimum atomic E-state index is -1.83. The fraction of sp³-hybridized carbons (Fsp3) is 0.920. The van der Waals surface area contributed by atoms with Crippen LogP contribution in [-0.2, 0) is 9.59 Å². The second kappa shape index (κ2) is 15.8. The van der Waals surface area contributed by atoms with Crippen molar-refractivity contribution in [3.8, 4) is 0 Å². The van der Waals surface area contributed by atoms with Crippen molar-refractivity contribution in [2.24, 2.45) is 5.92 Å². The number of aliphatic hydroxyl groups is 1. The highest BCUT2D eigenvalue weighted by Crippen LogP contribution is 2.20. The van der Waals surface area contributed by atoms with Gasteiger partial charge in [0, 0.05) is 18.8 Å². The van der Waals surface area contributed by atoms with E-state index in [0.29, 0.717) is 10.9 Å². The van der Waals surface area contributed by atoms with Gasteiger partial charge >= 0.3 is 0 Å². The minimum Gasteiger partial charge on any atom is -0.550 e. The summed E-state index contributed by atoms with van der Waals surface area (Å²) in [5.74, 6) is -0.915. The Hall–Kier alpha value is -0.940. The Morgan fingerprint density at radius 3 is 1.57 bits per heavy atom. The van der Waals surface area contributed by atoms with E-state index >= 15 is 0 Å². The first kappa shape index (κ1) is 29.1. The molecule has 1 atom stereocenters. The molecule has 0 saturated carbocycles. The average Bonchev–Trinajstić information content (AvgIpc) is 2.59. The number of rotatable bonds is 20. The van der Waals surface area contributed by atoms with Crippen LogP contribution >= 0.6 is 0 Å². The van der Waals surface area contributed by atoms with E-state index in [4.69, 9.17) is 0 Å². The maximum absolute atomic E-state index is 12.5. The standard InChI is InChI=1S/C25H49NO4/c1-22(2)18-16-14-12-10-8-6-7-9-11-13-15-17-19-23(27)25(30,20-24(28)29)21-26(3,4)5/h22,30H,6-21H2,1-5H3. The first-order valence-corrected chi connectivity index (χ1v) is 12.2. The molecule has 0 aliphatic rings. The number of carbonyl (C=O) groups excluding carboxylic acids is 2. The fourth-order valence-corrected chi connectivity index (χ4v) is 4.10. The molecule has 0 heterocycles. The van der Waals surface area contributed by atoms with E-state index in [9.17, 15) is 19.8 Å². The number of carbonyl (C=O) groups is 2. The second-order valence-corrected chi connectivity index (χ2v) is 10.6. The van der Waals surface area contributed by atoms with Gasteiger partial charge in [-0.15, -0.1) is 0 Å². The molecule has 0 aromatic rings. The van der Waals surface area contributed by atoms with Crippen molar-refractivity contribution in [1.82, 2.24) is 0 Å². The molecule has 0 fully saturated rings. The van der Waals surface area contributed by atoms with Crippen LogP contribution in [-0.4, -0.2) is 54.6 Å². The number of unbranched alkanes of at least 4 members (excludes halogenated alkanes) is 11. The van der Waals surface area contributed by atoms with Crippen molar-refractivity contribution in [1.29, 1.82) is 0 Å². The Balaban J connectivity index is 3.77. The largest absolute Gasteiger partial charge is 0.550 e. The maximum Gasteiger partial charge on any atom is 0.177 e. The van der Waals surface area contributed by atoms with Gasteiger partial charge in [-0.1, -0.05) is 90.9 Å². The van der Waals surface area contributed by atoms with E-state index in [-0.39, 0.29) is 18.7 Å². The summed E-state index contributed by atoms with van der Waals surface area (Å²) in [5.41, 5.74) is -1.83. The first-order chi connectivity index (χ1) is 14.0. The topological polar surface area (TPSA) is 77.4 Å². The number of Topliss-reactive ketones (excluding diaryl/α,β-unsaturated/α-hetero) is 1. The van der Waals surface area contributed by atoms with E-state index < -0.39 is 18.0 Å². The lowest BCUT2D eigenvalue weighted by molar-refractivity contribution is -0.875. The molecule has 178 valence electrons. The van der Waals surface area contributed by atoms with Crippen LogP contribution in [0.1, 0.15) is 110 Å². The highest BCUT2D eigenvalue weighted by molar-refractivity contribution is 5.90. The maximum atomic E-state index is 12.5. The zero-order chi connectivity index (χ0) is 23.0. The van der Waals surface area contributed by atoms with Gasteiger partial charge in [-0.3, -0.25) is 4.79 Å². The van der Waals surface area contributed by atoms with Gasteiger partial charge in [0.1, 0.15) is 6.54 Å². The van der Waals surface area contributed by atoms with Crippen molar-refractivity contribution in [2.45, 2.75) is 116 Å². The normalized spacial score (nSPS) is 14.1. The molecule has 5 heteroatoms. The lowest BCUT2D eigenvalue weighted by atomic mass is 9.89.